The fourth-order valence-electron chi connectivity index (χ4n) is 3.28. The first-order valence-corrected chi connectivity index (χ1v) is 11.7. The number of anilines is 1. The number of para-hydroxylation sites is 1. The predicted octanol–water partition coefficient (Wildman–Crippen LogP) is 4.80. The van der Waals surface area contributed by atoms with Gasteiger partial charge in [0.05, 0.1) is 17.7 Å². The van der Waals surface area contributed by atoms with Crippen molar-refractivity contribution in [2.24, 2.45) is 0 Å². The van der Waals surface area contributed by atoms with Crippen molar-refractivity contribution in [2.45, 2.75) is 6.54 Å². The van der Waals surface area contributed by atoms with Crippen molar-refractivity contribution in [2.75, 3.05) is 18.6 Å². The molecule has 4 rings (SSSR count). The van der Waals surface area contributed by atoms with Gasteiger partial charge in [0.15, 0.2) is 10.9 Å². The minimum absolute atomic E-state index is 0.134. The van der Waals surface area contributed by atoms with Gasteiger partial charge in [-0.15, -0.1) is 0 Å². The Morgan fingerprint density at radius 2 is 1.74 bits per heavy atom. The molecular formula is C26H22N2O4S2. The van der Waals surface area contributed by atoms with Gasteiger partial charge in [0.25, 0.3) is 11.8 Å². The molecule has 0 unspecified atom stereocenters. The molecule has 0 aliphatic carbocycles. The highest BCUT2D eigenvalue weighted by Gasteiger charge is 2.33. The Hall–Kier alpha value is -3.62. The van der Waals surface area contributed by atoms with E-state index >= 15 is 0 Å². The van der Waals surface area contributed by atoms with Gasteiger partial charge in [0.2, 0.25) is 0 Å². The summed E-state index contributed by atoms with van der Waals surface area (Å²) in [5, 5.41) is 2.84. The molecule has 172 valence electrons. The molecule has 6 nitrogen and oxygen atoms in total. The number of rotatable bonds is 8. The van der Waals surface area contributed by atoms with E-state index < -0.39 is 0 Å². The second kappa shape index (κ2) is 11.0. The molecule has 1 fully saturated rings. The van der Waals surface area contributed by atoms with Crippen LogP contribution < -0.4 is 19.7 Å². The number of nitrogens with one attached hydrogen (secondary N) is 1. The summed E-state index contributed by atoms with van der Waals surface area (Å²) in [6, 6.07) is 24.1. The highest BCUT2D eigenvalue weighted by Crippen LogP contribution is 2.37. The van der Waals surface area contributed by atoms with Crippen LogP contribution in [0.3, 0.4) is 0 Å². The van der Waals surface area contributed by atoms with E-state index in [0.29, 0.717) is 38.5 Å². The lowest BCUT2D eigenvalue weighted by molar-refractivity contribution is -0.123. The van der Waals surface area contributed by atoms with Crippen LogP contribution in [0.5, 0.6) is 11.5 Å². The number of thioether (sulfide) groups is 1. The van der Waals surface area contributed by atoms with Gasteiger partial charge < -0.3 is 14.8 Å². The van der Waals surface area contributed by atoms with Crippen molar-refractivity contribution in [3.05, 3.63) is 94.9 Å². The van der Waals surface area contributed by atoms with Crippen LogP contribution in [0.1, 0.15) is 11.1 Å². The number of hydrogen-bond donors (Lipinski definition) is 1. The zero-order chi connectivity index (χ0) is 23.9. The second-order valence-electron chi connectivity index (χ2n) is 7.30. The third-order valence-electron chi connectivity index (χ3n) is 5.02. The molecule has 1 aliphatic heterocycles. The summed E-state index contributed by atoms with van der Waals surface area (Å²) in [6.07, 6.45) is 1.74. The highest BCUT2D eigenvalue weighted by molar-refractivity contribution is 8.27. The van der Waals surface area contributed by atoms with Gasteiger partial charge in [0, 0.05) is 12.1 Å². The minimum atomic E-state index is -0.232. The molecule has 1 saturated heterocycles. The van der Waals surface area contributed by atoms with Crippen LogP contribution in [0, 0.1) is 0 Å². The maximum absolute atomic E-state index is 13.1. The van der Waals surface area contributed by atoms with E-state index in [2.05, 4.69) is 5.32 Å². The molecule has 0 bridgehead atoms. The van der Waals surface area contributed by atoms with Crippen molar-refractivity contribution in [3.8, 4) is 11.5 Å². The molecule has 34 heavy (non-hydrogen) atoms. The molecule has 0 aromatic heterocycles. The number of carbonyl (C=O) groups excluding carboxylic acids is 2. The highest BCUT2D eigenvalue weighted by atomic mass is 32.2. The van der Waals surface area contributed by atoms with Crippen molar-refractivity contribution in [3.63, 3.8) is 0 Å². The molecule has 2 amide bonds. The van der Waals surface area contributed by atoms with Gasteiger partial charge in [-0.05, 0) is 42.0 Å². The molecule has 3 aromatic rings. The molecule has 1 N–H and O–H groups in total. The zero-order valence-electron chi connectivity index (χ0n) is 18.4. The summed E-state index contributed by atoms with van der Waals surface area (Å²) < 4.78 is 11.4. The number of amides is 2. The Labute approximate surface area is 207 Å². The number of methoxy groups -OCH3 is 1. The van der Waals surface area contributed by atoms with Crippen molar-refractivity contribution in [1.82, 2.24) is 5.32 Å². The third-order valence-corrected chi connectivity index (χ3v) is 6.32. The van der Waals surface area contributed by atoms with Crippen molar-refractivity contribution < 1.29 is 19.1 Å². The van der Waals surface area contributed by atoms with Crippen molar-refractivity contribution in [1.29, 1.82) is 0 Å². The maximum atomic E-state index is 13.1. The molecular weight excluding hydrogens is 468 g/mol. The Morgan fingerprint density at radius 3 is 2.47 bits per heavy atom. The number of nitrogens with zero attached hydrogens (tertiary/aromatic N) is 1. The van der Waals surface area contributed by atoms with E-state index in [1.54, 1.807) is 43.5 Å². The van der Waals surface area contributed by atoms with Gasteiger partial charge in [-0.25, -0.2) is 0 Å². The number of ether oxygens (including phenoxy) is 2. The van der Waals surface area contributed by atoms with E-state index in [-0.39, 0.29) is 18.4 Å². The summed E-state index contributed by atoms with van der Waals surface area (Å²) >= 11 is 6.68. The number of thiocarbonyl (C=S) groups is 1. The molecule has 0 saturated carbocycles. The van der Waals surface area contributed by atoms with Crippen LogP contribution in [0.2, 0.25) is 0 Å². The Bertz CT molecular complexity index is 1230. The normalized spacial score (nSPS) is 14.4. The first-order valence-electron chi connectivity index (χ1n) is 10.5. The lowest BCUT2D eigenvalue weighted by Crippen LogP contribution is -2.28. The van der Waals surface area contributed by atoms with E-state index in [9.17, 15) is 9.59 Å². The largest absolute Gasteiger partial charge is 0.497 e. The average Bonchev–Trinajstić information content (AvgIpc) is 3.15. The zero-order valence-corrected chi connectivity index (χ0v) is 20.0. The lowest BCUT2D eigenvalue weighted by atomic mass is 10.2. The standard InChI is InChI=1S/C26H22N2O4S2/c1-31-21-13-11-20(12-14-21)28-25(30)23(34-26(28)33)15-19-9-5-6-10-22(19)32-17-24(29)27-16-18-7-3-2-4-8-18/h2-15H,16-17H2,1H3,(H,27,29)/b23-15-. The molecule has 1 aliphatic rings. The fourth-order valence-corrected chi connectivity index (χ4v) is 4.57. The monoisotopic (exact) mass is 490 g/mol. The summed E-state index contributed by atoms with van der Waals surface area (Å²) in [5.74, 6) is 0.760. The molecule has 0 radical (unpaired) electrons. The molecule has 0 atom stereocenters. The summed E-state index contributed by atoms with van der Waals surface area (Å²) in [7, 11) is 1.59. The smallest absolute Gasteiger partial charge is 0.270 e. The van der Waals surface area contributed by atoms with E-state index in [1.165, 1.54) is 16.7 Å². The van der Waals surface area contributed by atoms with Crippen LogP contribution >= 0.6 is 24.0 Å². The van der Waals surface area contributed by atoms with Crippen LogP contribution in [0.25, 0.3) is 6.08 Å². The number of hydrogen-bond acceptors (Lipinski definition) is 6. The van der Waals surface area contributed by atoms with Crippen molar-refractivity contribution >= 4 is 51.9 Å². The predicted molar refractivity (Wildman–Crippen MR) is 139 cm³/mol. The van der Waals surface area contributed by atoms with Crippen LogP contribution in [0.15, 0.2) is 83.8 Å². The van der Waals surface area contributed by atoms with Gasteiger partial charge in [0.1, 0.15) is 11.5 Å². The fraction of sp³-hybridized carbons (Fsp3) is 0.115. The summed E-state index contributed by atoms with van der Waals surface area (Å²) in [6.45, 7) is 0.295. The first kappa shape index (κ1) is 23.5. The van der Waals surface area contributed by atoms with Crippen LogP contribution in [-0.4, -0.2) is 29.9 Å². The Kier molecular flexibility index (Phi) is 7.61. The van der Waals surface area contributed by atoms with E-state index in [0.717, 1.165) is 5.56 Å². The Balaban J connectivity index is 1.43. The van der Waals surface area contributed by atoms with Gasteiger partial charge >= 0.3 is 0 Å². The molecule has 3 aromatic carbocycles. The third kappa shape index (κ3) is 5.65. The number of carbonyl (C=O) groups is 2. The SMILES string of the molecule is COc1ccc(N2C(=O)/C(=C/c3ccccc3OCC(=O)NCc3ccccc3)SC2=S)cc1. The topological polar surface area (TPSA) is 67.9 Å². The van der Waals surface area contributed by atoms with Gasteiger partial charge in [-0.3, -0.25) is 14.5 Å². The van der Waals surface area contributed by atoms with Crippen LogP contribution in [-0.2, 0) is 16.1 Å². The van der Waals surface area contributed by atoms with Gasteiger partial charge in [-0.1, -0.05) is 72.5 Å². The summed E-state index contributed by atoms with van der Waals surface area (Å²) in [4.78, 5) is 27.3. The van der Waals surface area contributed by atoms with E-state index in [4.69, 9.17) is 21.7 Å². The molecule has 1 heterocycles. The molecule has 8 heteroatoms. The van der Waals surface area contributed by atoms with Gasteiger partial charge in [-0.2, -0.15) is 0 Å². The second-order valence-corrected chi connectivity index (χ2v) is 8.98. The minimum Gasteiger partial charge on any atom is -0.497 e. The average molecular weight is 491 g/mol. The van der Waals surface area contributed by atoms with E-state index in [1.807, 2.05) is 48.5 Å². The maximum Gasteiger partial charge on any atom is 0.270 e. The first-order chi connectivity index (χ1) is 16.5. The summed E-state index contributed by atoms with van der Waals surface area (Å²) in [5.41, 5.74) is 2.37. The quantitative estimate of drug-likeness (QED) is 0.362. The Morgan fingerprint density at radius 1 is 1.03 bits per heavy atom. The number of benzene rings is 3. The molecule has 0 spiro atoms. The lowest BCUT2D eigenvalue weighted by Gasteiger charge is -2.14. The van der Waals surface area contributed by atoms with Crippen LogP contribution in [0.4, 0.5) is 5.69 Å².